The second-order valence-electron chi connectivity index (χ2n) is 18.8. The van der Waals surface area contributed by atoms with Crippen molar-refractivity contribution in [3.63, 3.8) is 0 Å². The average molecular weight is 903 g/mol. The number of para-hydroxylation sites is 1. The number of fused-ring (bicyclic) bond motifs is 8. The molecular formula is C69H46N2. The van der Waals surface area contributed by atoms with Crippen molar-refractivity contribution in [2.75, 3.05) is 4.90 Å². The minimum atomic E-state index is -0.496. The van der Waals surface area contributed by atoms with Gasteiger partial charge in [0.15, 0.2) is 0 Å². The number of benzene rings is 12. The molecule has 0 fully saturated rings. The normalized spacial score (nSPS) is 12.6. The molecule has 0 amide bonds. The van der Waals surface area contributed by atoms with Gasteiger partial charge in [-0.25, -0.2) is 0 Å². The standard InChI is InChI=1S/C69H46N2/c1-3-23-51(24-4-1)69(52-25-5-2-6-26-52)63-33-15-13-31-59(63)60-44-42-54(46-64(60)69)71-67-34-16-14-32-61(67)62-43-39-50(45-68(62)71)56-28-12-11-27-55(56)49-37-40-53(41-38-49)70(65-35-17-21-47-19-7-9-29-57(47)65)66-36-18-22-48-20-8-10-30-58(48)66/h1-46H. The fraction of sp³-hybridized carbons (Fsp3) is 0.0145. The Morgan fingerprint density at radius 2 is 0.789 bits per heavy atom. The van der Waals surface area contributed by atoms with E-state index in [1.165, 1.54) is 93.4 Å². The predicted molar refractivity (Wildman–Crippen MR) is 299 cm³/mol. The Morgan fingerprint density at radius 3 is 1.45 bits per heavy atom. The van der Waals surface area contributed by atoms with Gasteiger partial charge in [0.25, 0.3) is 0 Å². The van der Waals surface area contributed by atoms with Gasteiger partial charge in [-0.05, 0) is 115 Å². The molecule has 71 heavy (non-hydrogen) atoms. The highest BCUT2D eigenvalue weighted by atomic mass is 15.1. The lowest BCUT2D eigenvalue weighted by Crippen LogP contribution is -2.28. The molecule has 0 radical (unpaired) electrons. The quantitative estimate of drug-likeness (QED) is 0.147. The van der Waals surface area contributed by atoms with E-state index in [-0.39, 0.29) is 0 Å². The van der Waals surface area contributed by atoms with E-state index in [1.807, 2.05) is 0 Å². The monoisotopic (exact) mass is 902 g/mol. The van der Waals surface area contributed by atoms with Crippen LogP contribution < -0.4 is 4.90 Å². The van der Waals surface area contributed by atoms with Crippen LogP contribution >= 0.6 is 0 Å². The van der Waals surface area contributed by atoms with Crippen LogP contribution in [0.3, 0.4) is 0 Å². The Morgan fingerprint density at radius 1 is 0.296 bits per heavy atom. The van der Waals surface area contributed by atoms with Gasteiger partial charge in [-0.2, -0.15) is 0 Å². The zero-order valence-corrected chi connectivity index (χ0v) is 39.0. The first kappa shape index (κ1) is 40.8. The molecule has 0 atom stereocenters. The summed E-state index contributed by atoms with van der Waals surface area (Å²) in [5.74, 6) is 0. The molecule has 2 nitrogen and oxygen atoms in total. The van der Waals surface area contributed by atoms with Gasteiger partial charge in [0.05, 0.1) is 27.8 Å². The maximum absolute atomic E-state index is 2.49. The molecule has 13 aromatic rings. The second-order valence-corrected chi connectivity index (χ2v) is 18.8. The van der Waals surface area contributed by atoms with Gasteiger partial charge < -0.3 is 9.47 Å². The number of hydrogen-bond donors (Lipinski definition) is 0. The molecule has 1 heterocycles. The summed E-state index contributed by atoms with van der Waals surface area (Å²) < 4.78 is 2.49. The Hall–Kier alpha value is -9.24. The van der Waals surface area contributed by atoms with E-state index >= 15 is 0 Å². The summed E-state index contributed by atoms with van der Waals surface area (Å²) in [7, 11) is 0. The molecule has 14 rings (SSSR count). The van der Waals surface area contributed by atoms with Crippen molar-refractivity contribution in [1.29, 1.82) is 0 Å². The first-order valence-electron chi connectivity index (χ1n) is 24.6. The maximum Gasteiger partial charge on any atom is 0.0714 e. The molecule has 0 spiro atoms. The van der Waals surface area contributed by atoms with Gasteiger partial charge in [-0.3, -0.25) is 0 Å². The van der Waals surface area contributed by atoms with Crippen LogP contribution in [0, 0.1) is 0 Å². The van der Waals surface area contributed by atoms with Crippen molar-refractivity contribution in [2.45, 2.75) is 5.41 Å². The molecule has 1 aromatic heterocycles. The van der Waals surface area contributed by atoms with Crippen molar-refractivity contribution < 1.29 is 0 Å². The third-order valence-corrected chi connectivity index (χ3v) is 15.1. The molecule has 0 N–H and O–H groups in total. The van der Waals surface area contributed by atoms with E-state index in [0.717, 1.165) is 28.3 Å². The van der Waals surface area contributed by atoms with Crippen LogP contribution in [-0.2, 0) is 5.41 Å². The Bertz CT molecular complexity index is 4040. The van der Waals surface area contributed by atoms with Gasteiger partial charge in [0.1, 0.15) is 0 Å². The smallest absolute Gasteiger partial charge is 0.0714 e. The van der Waals surface area contributed by atoms with Crippen LogP contribution in [0.1, 0.15) is 22.3 Å². The van der Waals surface area contributed by atoms with Crippen LogP contribution in [-0.4, -0.2) is 4.57 Å². The van der Waals surface area contributed by atoms with E-state index in [1.54, 1.807) is 0 Å². The molecule has 0 saturated heterocycles. The van der Waals surface area contributed by atoms with Crippen LogP contribution in [0.4, 0.5) is 17.1 Å². The number of aromatic nitrogens is 1. The van der Waals surface area contributed by atoms with Gasteiger partial charge in [0.2, 0.25) is 0 Å². The molecule has 12 aromatic carbocycles. The summed E-state index contributed by atoms with van der Waals surface area (Å²) in [5, 5.41) is 7.32. The SMILES string of the molecule is c1ccc(C2(c3ccccc3)c3ccccc3-c3ccc(-n4c5ccccc5c5ccc(-c6ccccc6-c6ccc(N(c7cccc8ccccc78)c7cccc8ccccc78)cc6)cc54)cc32)cc1. The molecule has 0 bridgehead atoms. The summed E-state index contributed by atoms with van der Waals surface area (Å²) in [6, 6.07) is 103. The van der Waals surface area contributed by atoms with Crippen LogP contribution in [0.25, 0.3) is 82.4 Å². The predicted octanol–water partition coefficient (Wildman–Crippen LogP) is 18.3. The zero-order valence-electron chi connectivity index (χ0n) is 39.0. The van der Waals surface area contributed by atoms with Crippen LogP contribution in [0.5, 0.6) is 0 Å². The number of hydrogen-bond acceptors (Lipinski definition) is 1. The summed E-state index contributed by atoms with van der Waals surface area (Å²) in [4.78, 5) is 2.43. The van der Waals surface area contributed by atoms with Crippen molar-refractivity contribution in [3.8, 4) is 39.1 Å². The zero-order chi connectivity index (χ0) is 46.9. The third-order valence-electron chi connectivity index (χ3n) is 15.1. The van der Waals surface area contributed by atoms with Crippen molar-refractivity contribution in [2.24, 2.45) is 0 Å². The molecule has 0 saturated carbocycles. The minimum Gasteiger partial charge on any atom is -0.309 e. The topological polar surface area (TPSA) is 8.17 Å². The van der Waals surface area contributed by atoms with Crippen molar-refractivity contribution in [1.82, 2.24) is 4.57 Å². The van der Waals surface area contributed by atoms with Crippen molar-refractivity contribution >= 4 is 60.4 Å². The summed E-state index contributed by atoms with van der Waals surface area (Å²) >= 11 is 0. The molecule has 1 aliphatic rings. The Kier molecular flexibility index (Phi) is 9.47. The highest BCUT2D eigenvalue weighted by Crippen LogP contribution is 2.57. The second kappa shape index (κ2) is 16.5. The molecule has 2 heteroatoms. The molecule has 0 aliphatic heterocycles. The molecule has 332 valence electrons. The fourth-order valence-electron chi connectivity index (χ4n) is 12.0. The Labute approximate surface area is 413 Å². The summed E-state index contributed by atoms with van der Waals surface area (Å²) in [6.07, 6.45) is 0. The van der Waals surface area contributed by atoms with E-state index in [4.69, 9.17) is 0 Å². The lowest BCUT2D eigenvalue weighted by Gasteiger charge is -2.34. The lowest BCUT2D eigenvalue weighted by atomic mass is 9.67. The highest BCUT2D eigenvalue weighted by Gasteiger charge is 2.46. The maximum atomic E-state index is 2.49. The van der Waals surface area contributed by atoms with Gasteiger partial charge in [-0.15, -0.1) is 0 Å². The van der Waals surface area contributed by atoms with E-state index in [9.17, 15) is 0 Å². The molecule has 0 unspecified atom stereocenters. The van der Waals surface area contributed by atoms with Gasteiger partial charge in [0, 0.05) is 32.9 Å². The van der Waals surface area contributed by atoms with Crippen molar-refractivity contribution in [3.05, 3.63) is 301 Å². The summed E-state index contributed by atoms with van der Waals surface area (Å²) in [6.45, 7) is 0. The number of nitrogens with zero attached hydrogens (tertiary/aromatic N) is 2. The number of rotatable bonds is 8. The van der Waals surface area contributed by atoms with Gasteiger partial charge in [-0.1, -0.05) is 231 Å². The highest BCUT2D eigenvalue weighted by molar-refractivity contribution is 6.11. The molecule has 1 aliphatic carbocycles. The third kappa shape index (κ3) is 6.35. The lowest BCUT2D eigenvalue weighted by molar-refractivity contribution is 0.767. The fourth-order valence-corrected chi connectivity index (χ4v) is 12.0. The first-order chi connectivity index (χ1) is 35.2. The largest absolute Gasteiger partial charge is 0.309 e. The minimum absolute atomic E-state index is 0.496. The summed E-state index contributed by atoms with van der Waals surface area (Å²) in [5.41, 5.74) is 18.8. The van der Waals surface area contributed by atoms with Crippen LogP contribution in [0.15, 0.2) is 279 Å². The van der Waals surface area contributed by atoms with Gasteiger partial charge >= 0.3 is 0 Å². The average Bonchev–Trinajstić information content (AvgIpc) is 3.94. The Balaban J connectivity index is 0.918. The molecular weight excluding hydrogens is 857 g/mol. The van der Waals surface area contributed by atoms with E-state index < -0.39 is 5.41 Å². The van der Waals surface area contributed by atoms with E-state index in [0.29, 0.717) is 0 Å². The number of anilines is 3. The van der Waals surface area contributed by atoms with E-state index in [2.05, 4.69) is 289 Å². The van der Waals surface area contributed by atoms with Crippen LogP contribution in [0.2, 0.25) is 0 Å². The first-order valence-corrected chi connectivity index (χ1v) is 24.6.